The summed E-state index contributed by atoms with van der Waals surface area (Å²) in [7, 11) is 0. The normalized spacial score (nSPS) is 16.6. The lowest BCUT2D eigenvalue weighted by Crippen LogP contribution is -2.23. The number of aryl methyl sites for hydroxylation is 1. The molecular weight excluding hydrogens is 244 g/mol. The standard InChI is InChI=1S/C13H22N4S/c1-2-7-10-11(12(14)15)18-13(16-10)17-8-5-3-4-6-9-17/h2-9H2,1H3,(H3,14,15). The first-order chi connectivity index (χ1) is 8.72. The Morgan fingerprint density at radius 1 is 1.33 bits per heavy atom. The average Bonchev–Trinajstić information content (AvgIpc) is 2.59. The summed E-state index contributed by atoms with van der Waals surface area (Å²) in [6.45, 7) is 4.32. The van der Waals surface area contributed by atoms with Gasteiger partial charge in [-0.3, -0.25) is 5.41 Å². The fourth-order valence-corrected chi connectivity index (χ4v) is 3.38. The lowest BCUT2D eigenvalue weighted by Gasteiger charge is -2.18. The molecule has 18 heavy (non-hydrogen) atoms. The van der Waals surface area contributed by atoms with Crippen molar-refractivity contribution >= 4 is 22.3 Å². The van der Waals surface area contributed by atoms with Crippen LogP contribution >= 0.6 is 11.3 Å². The smallest absolute Gasteiger partial charge is 0.186 e. The molecule has 0 aliphatic carbocycles. The molecule has 3 N–H and O–H groups in total. The second-order valence-electron chi connectivity index (χ2n) is 4.84. The Labute approximate surface area is 113 Å². The Hall–Kier alpha value is -1.10. The van der Waals surface area contributed by atoms with Crippen LogP contribution in [0, 0.1) is 5.41 Å². The number of hydrogen-bond donors (Lipinski definition) is 2. The number of amidine groups is 1. The molecule has 100 valence electrons. The van der Waals surface area contributed by atoms with Gasteiger partial charge in [0.2, 0.25) is 0 Å². The molecule has 4 nitrogen and oxygen atoms in total. The average molecular weight is 266 g/mol. The van der Waals surface area contributed by atoms with Gasteiger partial charge in [0.25, 0.3) is 0 Å². The molecule has 0 atom stereocenters. The van der Waals surface area contributed by atoms with Gasteiger partial charge in [-0.25, -0.2) is 4.98 Å². The van der Waals surface area contributed by atoms with Crippen LogP contribution in [-0.4, -0.2) is 23.9 Å². The largest absolute Gasteiger partial charge is 0.383 e. The minimum atomic E-state index is 0.164. The molecule has 5 heteroatoms. The molecule has 1 aromatic heterocycles. The van der Waals surface area contributed by atoms with Crippen molar-refractivity contribution in [3.05, 3.63) is 10.6 Å². The molecule has 2 heterocycles. The first-order valence-electron chi connectivity index (χ1n) is 6.81. The second-order valence-corrected chi connectivity index (χ2v) is 5.81. The van der Waals surface area contributed by atoms with Crippen LogP contribution in [0.4, 0.5) is 5.13 Å². The van der Waals surface area contributed by atoms with Crippen molar-refractivity contribution in [1.29, 1.82) is 5.41 Å². The predicted molar refractivity (Wildman–Crippen MR) is 77.8 cm³/mol. The highest BCUT2D eigenvalue weighted by molar-refractivity contribution is 7.17. The summed E-state index contributed by atoms with van der Waals surface area (Å²) < 4.78 is 0. The van der Waals surface area contributed by atoms with Crippen LogP contribution < -0.4 is 10.6 Å². The Morgan fingerprint density at radius 2 is 2.00 bits per heavy atom. The van der Waals surface area contributed by atoms with Crippen LogP contribution in [0.25, 0.3) is 0 Å². The van der Waals surface area contributed by atoms with Crippen molar-refractivity contribution in [3.63, 3.8) is 0 Å². The molecule has 0 aromatic carbocycles. The van der Waals surface area contributed by atoms with Crippen molar-refractivity contribution in [2.45, 2.75) is 45.4 Å². The van der Waals surface area contributed by atoms with E-state index in [1.807, 2.05) is 0 Å². The van der Waals surface area contributed by atoms with Gasteiger partial charge in [-0.2, -0.15) is 0 Å². The van der Waals surface area contributed by atoms with Gasteiger partial charge >= 0.3 is 0 Å². The Balaban J connectivity index is 2.21. The highest BCUT2D eigenvalue weighted by atomic mass is 32.1. The fourth-order valence-electron chi connectivity index (χ4n) is 2.35. The zero-order valence-corrected chi connectivity index (χ0v) is 11.9. The zero-order valence-electron chi connectivity index (χ0n) is 11.0. The van der Waals surface area contributed by atoms with Gasteiger partial charge in [0, 0.05) is 13.1 Å². The molecule has 1 fully saturated rings. The number of nitrogens with zero attached hydrogens (tertiary/aromatic N) is 2. The third-order valence-corrected chi connectivity index (χ3v) is 4.49. The van der Waals surface area contributed by atoms with Crippen LogP contribution in [0.15, 0.2) is 0 Å². The summed E-state index contributed by atoms with van der Waals surface area (Å²) in [5.41, 5.74) is 6.66. The Morgan fingerprint density at radius 3 is 2.56 bits per heavy atom. The van der Waals surface area contributed by atoms with Gasteiger partial charge in [-0.1, -0.05) is 37.5 Å². The van der Waals surface area contributed by atoms with Gasteiger partial charge in [0.05, 0.1) is 10.6 Å². The van der Waals surface area contributed by atoms with Crippen LogP contribution in [0.2, 0.25) is 0 Å². The van der Waals surface area contributed by atoms with Gasteiger partial charge in [-0.15, -0.1) is 0 Å². The molecule has 1 aliphatic rings. The number of rotatable bonds is 4. The van der Waals surface area contributed by atoms with Crippen LogP contribution in [0.1, 0.15) is 49.6 Å². The molecule has 0 amide bonds. The van der Waals surface area contributed by atoms with E-state index in [-0.39, 0.29) is 5.84 Å². The summed E-state index contributed by atoms with van der Waals surface area (Å²) in [6.07, 6.45) is 7.10. The van der Waals surface area contributed by atoms with Crippen LogP contribution in [0.5, 0.6) is 0 Å². The maximum absolute atomic E-state index is 7.65. The first-order valence-corrected chi connectivity index (χ1v) is 7.63. The Kier molecular flexibility index (Phi) is 4.58. The molecule has 1 saturated heterocycles. The highest BCUT2D eigenvalue weighted by Crippen LogP contribution is 2.28. The summed E-state index contributed by atoms with van der Waals surface area (Å²) in [5, 5.41) is 8.72. The van der Waals surface area contributed by atoms with Gasteiger partial charge in [0.1, 0.15) is 5.84 Å². The minimum absolute atomic E-state index is 0.164. The maximum Gasteiger partial charge on any atom is 0.186 e. The number of nitrogen functional groups attached to an aromatic ring is 1. The maximum atomic E-state index is 7.65. The molecule has 0 unspecified atom stereocenters. The van der Waals surface area contributed by atoms with Crippen molar-refractivity contribution in [2.75, 3.05) is 18.0 Å². The lowest BCUT2D eigenvalue weighted by molar-refractivity contribution is 0.726. The van der Waals surface area contributed by atoms with Crippen LogP contribution in [0.3, 0.4) is 0 Å². The number of thiazole rings is 1. The number of nitrogens with one attached hydrogen (secondary N) is 1. The molecule has 1 aliphatic heterocycles. The quantitative estimate of drug-likeness (QED) is 0.650. The van der Waals surface area contributed by atoms with E-state index < -0.39 is 0 Å². The fraction of sp³-hybridized carbons (Fsp3) is 0.692. The van der Waals surface area contributed by atoms with E-state index in [1.165, 1.54) is 25.7 Å². The molecule has 1 aromatic rings. The highest BCUT2D eigenvalue weighted by Gasteiger charge is 2.18. The number of hydrogen-bond acceptors (Lipinski definition) is 4. The van der Waals surface area contributed by atoms with Gasteiger partial charge < -0.3 is 10.6 Å². The number of nitrogens with two attached hydrogens (primary N) is 1. The number of aromatic nitrogens is 1. The van der Waals surface area contributed by atoms with E-state index in [4.69, 9.17) is 16.1 Å². The van der Waals surface area contributed by atoms with E-state index in [0.717, 1.165) is 41.6 Å². The molecule has 0 radical (unpaired) electrons. The van der Waals surface area contributed by atoms with E-state index in [0.29, 0.717) is 0 Å². The van der Waals surface area contributed by atoms with Crippen molar-refractivity contribution in [2.24, 2.45) is 5.73 Å². The third-order valence-electron chi connectivity index (χ3n) is 3.29. The van der Waals surface area contributed by atoms with Gasteiger partial charge in [0.15, 0.2) is 5.13 Å². The van der Waals surface area contributed by atoms with Gasteiger partial charge in [-0.05, 0) is 19.3 Å². The third kappa shape index (κ3) is 3.02. The SMILES string of the molecule is CCCc1nc(N2CCCCCC2)sc1C(=N)N. The number of anilines is 1. The topological polar surface area (TPSA) is 66.0 Å². The summed E-state index contributed by atoms with van der Waals surface area (Å²) >= 11 is 1.59. The minimum Gasteiger partial charge on any atom is -0.383 e. The van der Waals surface area contributed by atoms with E-state index >= 15 is 0 Å². The van der Waals surface area contributed by atoms with Crippen LogP contribution in [-0.2, 0) is 6.42 Å². The molecular formula is C13H22N4S. The Bertz CT molecular complexity index is 405. The second kappa shape index (κ2) is 6.18. The molecule has 0 spiro atoms. The van der Waals surface area contributed by atoms with Crippen molar-refractivity contribution in [3.8, 4) is 0 Å². The molecule has 2 rings (SSSR count). The van der Waals surface area contributed by atoms with Crippen molar-refractivity contribution in [1.82, 2.24) is 4.98 Å². The van der Waals surface area contributed by atoms with E-state index in [1.54, 1.807) is 11.3 Å². The monoisotopic (exact) mass is 266 g/mol. The first kappa shape index (κ1) is 13.3. The summed E-state index contributed by atoms with van der Waals surface area (Å²) in [5.74, 6) is 0.164. The predicted octanol–water partition coefficient (Wildman–Crippen LogP) is 2.76. The lowest BCUT2D eigenvalue weighted by atomic mass is 10.2. The van der Waals surface area contributed by atoms with E-state index in [2.05, 4.69) is 11.8 Å². The molecule has 0 bridgehead atoms. The summed E-state index contributed by atoms with van der Waals surface area (Å²) in [4.78, 5) is 7.95. The zero-order chi connectivity index (χ0) is 13.0. The summed E-state index contributed by atoms with van der Waals surface area (Å²) in [6, 6.07) is 0. The van der Waals surface area contributed by atoms with Crippen molar-refractivity contribution < 1.29 is 0 Å². The van der Waals surface area contributed by atoms with E-state index in [9.17, 15) is 0 Å². The molecule has 0 saturated carbocycles.